The van der Waals surface area contributed by atoms with E-state index in [0.29, 0.717) is 11.0 Å². The highest BCUT2D eigenvalue weighted by atomic mass is 32.2. The molecule has 6 nitrogen and oxygen atoms in total. The number of nitrogen functional groups attached to an aromatic ring is 1. The third-order valence-corrected chi connectivity index (χ3v) is 5.85. The van der Waals surface area contributed by atoms with E-state index in [2.05, 4.69) is 21.8 Å². The van der Waals surface area contributed by atoms with Gasteiger partial charge in [0.2, 0.25) is 5.91 Å². The first-order chi connectivity index (χ1) is 11.1. The maximum Gasteiger partial charge on any atom is 0.235 e. The maximum atomic E-state index is 12.6. The topological polar surface area (TPSA) is 75.3 Å². The van der Waals surface area contributed by atoms with Crippen molar-refractivity contribution in [1.29, 1.82) is 0 Å². The number of aromatic nitrogens is 2. The second-order valence-corrected chi connectivity index (χ2v) is 7.75. The molecule has 2 N–H and O–H groups in total. The van der Waals surface area contributed by atoms with Crippen molar-refractivity contribution in [2.75, 3.05) is 38.5 Å². The van der Waals surface area contributed by atoms with Gasteiger partial charge in [0.1, 0.15) is 10.6 Å². The number of likely N-dealkylation sites (N-methyl/N-ethyl adjacent to an activating group) is 1. The molecule has 0 aromatic carbocycles. The molecule has 8 heteroatoms. The van der Waals surface area contributed by atoms with E-state index in [0.717, 1.165) is 42.9 Å². The maximum absolute atomic E-state index is 12.6. The molecule has 3 heterocycles. The van der Waals surface area contributed by atoms with Crippen LogP contribution in [0.4, 0.5) is 5.82 Å². The SMILES string of the molecule is CCN1CCN(C(=O)[C@H](C)Sc2nc(N)c3ccsc3n2)CC1. The van der Waals surface area contributed by atoms with Crippen molar-refractivity contribution in [3.05, 3.63) is 11.4 Å². The lowest BCUT2D eigenvalue weighted by Crippen LogP contribution is -2.50. The monoisotopic (exact) mass is 351 g/mol. The Morgan fingerprint density at radius 2 is 2.13 bits per heavy atom. The summed E-state index contributed by atoms with van der Waals surface area (Å²) in [5.41, 5.74) is 5.97. The summed E-state index contributed by atoms with van der Waals surface area (Å²) in [6, 6.07) is 1.92. The zero-order valence-electron chi connectivity index (χ0n) is 13.4. The number of carbonyl (C=O) groups excluding carboxylic acids is 1. The average Bonchev–Trinajstić information content (AvgIpc) is 3.03. The molecule has 124 valence electrons. The van der Waals surface area contributed by atoms with Crippen molar-refractivity contribution in [3.8, 4) is 0 Å². The molecule has 0 saturated carbocycles. The van der Waals surface area contributed by atoms with Gasteiger partial charge < -0.3 is 15.5 Å². The summed E-state index contributed by atoms with van der Waals surface area (Å²) in [6.07, 6.45) is 0. The molecule has 1 fully saturated rings. The van der Waals surface area contributed by atoms with Crippen molar-refractivity contribution in [3.63, 3.8) is 0 Å². The largest absolute Gasteiger partial charge is 0.383 e. The molecule has 1 amide bonds. The van der Waals surface area contributed by atoms with Crippen molar-refractivity contribution in [2.24, 2.45) is 0 Å². The Kier molecular flexibility index (Phi) is 5.03. The zero-order valence-corrected chi connectivity index (χ0v) is 15.0. The van der Waals surface area contributed by atoms with E-state index in [1.165, 1.54) is 23.1 Å². The molecular weight excluding hydrogens is 330 g/mol. The van der Waals surface area contributed by atoms with E-state index >= 15 is 0 Å². The minimum absolute atomic E-state index is 0.152. The summed E-state index contributed by atoms with van der Waals surface area (Å²) in [5.74, 6) is 0.633. The highest BCUT2D eigenvalue weighted by Gasteiger charge is 2.25. The van der Waals surface area contributed by atoms with E-state index in [1.54, 1.807) is 0 Å². The van der Waals surface area contributed by atoms with Crippen molar-refractivity contribution < 1.29 is 4.79 Å². The van der Waals surface area contributed by atoms with Crippen molar-refractivity contribution in [2.45, 2.75) is 24.3 Å². The average molecular weight is 352 g/mol. The van der Waals surface area contributed by atoms with E-state index in [9.17, 15) is 4.79 Å². The number of anilines is 1. The molecule has 1 atom stereocenters. The molecule has 2 aromatic rings. The molecule has 23 heavy (non-hydrogen) atoms. The third kappa shape index (κ3) is 3.59. The molecular formula is C15H21N5OS2. The summed E-state index contributed by atoms with van der Waals surface area (Å²) >= 11 is 2.92. The van der Waals surface area contributed by atoms with Crippen LogP contribution in [0.2, 0.25) is 0 Å². The van der Waals surface area contributed by atoms with E-state index in [-0.39, 0.29) is 11.2 Å². The second kappa shape index (κ2) is 7.02. The summed E-state index contributed by atoms with van der Waals surface area (Å²) in [6.45, 7) is 8.60. The van der Waals surface area contributed by atoms with Crippen LogP contribution in [0.1, 0.15) is 13.8 Å². The summed E-state index contributed by atoms with van der Waals surface area (Å²) < 4.78 is 0. The number of amides is 1. The zero-order chi connectivity index (χ0) is 16.4. The van der Waals surface area contributed by atoms with Gasteiger partial charge in [0, 0.05) is 26.2 Å². The number of thioether (sulfide) groups is 1. The number of nitrogens with zero attached hydrogens (tertiary/aromatic N) is 4. The van der Waals surface area contributed by atoms with Crippen LogP contribution in [-0.4, -0.2) is 63.6 Å². The van der Waals surface area contributed by atoms with Gasteiger partial charge in [0.15, 0.2) is 5.16 Å². The summed E-state index contributed by atoms with van der Waals surface area (Å²) in [5, 5.41) is 3.20. The number of piperazine rings is 1. The number of fused-ring (bicyclic) bond motifs is 1. The lowest BCUT2D eigenvalue weighted by molar-refractivity contribution is -0.132. The van der Waals surface area contributed by atoms with Crippen LogP contribution >= 0.6 is 23.1 Å². The Labute approximate surface area is 144 Å². The number of thiophene rings is 1. The fraction of sp³-hybridized carbons (Fsp3) is 0.533. The number of hydrogen-bond donors (Lipinski definition) is 1. The molecule has 0 bridgehead atoms. The molecule has 0 spiro atoms. The van der Waals surface area contributed by atoms with E-state index in [4.69, 9.17) is 5.73 Å². The normalized spacial score (nSPS) is 17.6. The molecule has 1 aliphatic heterocycles. The van der Waals surface area contributed by atoms with Crippen LogP contribution in [0.25, 0.3) is 10.2 Å². The fourth-order valence-corrected chi connectivity index (χ4v) is 4.35. The lowest BCUT2D eigenvalue weighted by atomic mass is 10.3. The van der Waals surface area contributed by atoms with Crippen LogP contribution in [0.5, 0.6) is 0 Å². The van der Waals surface area contributed by atoms with Crippen LogP contribution in [0.3, 0.4) is 0 Å². The lowest BCUT2D eigenvalue weighted by Gasteiger charge is -2.35. The predicted molar refractivity (Wildman–Crippen MR) is 95.8 cm³/mol. The van der Waals surface area contributed by atoms with E-state index < -0.39 is 0 Å². The van der Waals surface area contributed by atoms with Gasteiger partial charge >= 0.3 is 0 Å². The highest BCUT2D eigenvalue weighted by molar-refractivity contribution is 8.00. The molecule has 0 aliphatic carbocycles. The van der Waals surface area contributed by atoms with Gasteiger partial charge in [-0.1, -0.05) is 18.7 Å². The number of carbonyl (C=O) groups is 1. The van der Waals surface area contributed by atoms with Gasteiger partial charge in [0.25, 0.3) is 0 Å². The van der Waals surface area contributed by atoms with Crippen LogP contribution in [0.15, 0.2) is 16.6 Å². The highest BCUT2D eigenvalue weighted by Crippen LogP contribution is 2.28. The van der Waals surface area contributed by atoms with Gasteiger partial charge in [-0.25, -0.2) is 9.97 Å². The Morgan fingerprint density at radius 3 is 2.83 bits per heavy atom. The smallest absolute Gasteiger partial charge is 0.235 e. The second-order valence-electron chi connectivity index (χ2n) is 5.55. The Bertz CT molecular complexity index is 696. The molecule has 1 saturated heterocycles. The quantitative estimate of drug-likeness (QED) is 0.670. The summed E-state index contributed by atoms with van der Waals surface area (Å²) in [7, 11) is 0. The van der Waals surface area contributed by atoms with Gasteiger partial charge in [-0.2, -0.15) is 0 Å². The standard InChI is InChI=1S/C15H21N5OS2/c1-3-19-5-7-20(8-6-19)14(21)10(2)23-15-17-12(16)11-4-9-22-13(11)18-15/h4,9-10H,3,5-8H2,1-2H3,(H2,16,17,18)/t10-/m0/s1. The molecule has 3 rings (SSSR count). The van der Waals surface area contributed by atoms with Crippen molar-refractivity contribution in [1.82, 2.24) is 19.8 Å². The Balaban J connectivity index is 1.65. The minimum atomic E-state index is -0.208. The van der Waals surface area contributed by atoms with Gasteiger partial charge in [-0.3, -0.25) is 4.79 Å². The molecule has 0 radical (unpaired) electrons. The van der Waals surface area contributed by atoms with E-state index in [1.807, 2.05) is 23.3 Å². The van der Waals surface area contributed by atoms with Gasteiger partial charge in [-0.15, -0.1) is 11.3 Å². The first kappa shape index (κ1) is 16.5. The molecule has 0 unspecified atom stereocenters. The first-order valence-corrected chi connectivity index (χ1v) is 9.53. The summed E-state index contributed by atoms with van der Waals surface area (Å²) in [4.78, 5) is 26.6. The Morgan fingerprint density at radius 1 is 1.39 bits per heavy atom. The Hall–Kier alpha value is -1.38. The minimum Gasteiger partial charge on any atom is -0.383 e. The molecule has 1 aliphatic rings. The van der Waals surface area contributed by atoms with Crippen LogP contribution < -0.4 is 5.73 Å². The number of nitrogens with two attached hydrogens (primary N) is 1. The number of rotatable bonds is 4. The van der Waals surface area contributed by atoms with Gasteiger partial charge in [-0.05, 0) is 24.9 Å². The first-order valence-electron chi connectivity index (χ1n) is 7.77. The predicted octanol–water partition coefficient (Wildman–Crippen LogP) is 1.92. The third-order valence-electron chi connectivity index (χ3n) is 4.10. The van der Waals surface area contributed by atoms with Crippen LogP contribution in [0, 0.1) is 0 Å². The fourth-order valence-electron chi connectivity index (χ4n) is 2.66. The molecule has 2 aromatic heterocycles. The van der Waals surface area contributed by atoms with Crippen molar-refractivity contribution >= 4 is 45.0 Å². The van der Waals surface area contributed by atoms with Crippen LogP contribution in [-0.2, 0) is 4.79 Å². The number of hydrogen-bond acceptors (Lipinski definition) is 7. The van der Waals surface area contributed by atoms with Gasteiger partial charge in [0.05, 0.1) is 10.6 Å².